The first-order valence-electron chi connectivity index (χ1n) is 6.28. The number of rotatable bonds is 6. The van der Waals surface area contributed by atoms with Crippen LogP contribution in [0.1, 0.15) is 27.2 Å². The lowest BCUT2D eigenvalue weighted by molar-refractivity contribution is 0.0886. The lowest BCUT2D eigenvalue weighted by Gasteiger charge is -2.27. The third-order valence-corrected chi connectivity index (χ3v) is 2.45. The van der Waals surface area contributed by atoms with Crippen LogP contribution in [0.5, 0.6) is 5.75 Å². The second-order valence-electron chi connectivity index (χ2n) is 5.28. The van der Waals surface area contributed by atoms with Crippen molar-refractivity contribution in [2.24, 2.45) is 0 Å². The maximum absolute atomic E-state index is 9.83. The van der Waals surface area contributed by atoms with E-state index in [-0.39, 0.29) is 0 Å². The van der Waals surface area contributed by atoms with Gasteiger partial charge in [-0.2, -0.15) is 0 Å². The van der Waals surface area contributed by atoms with Crippen LogP contribution in [-0.4, -0.2) is 30.9 Å². The summed E-state index contributed by atoms with van der Waals surface area (Å²) in [6.07, 6.45) is 0.962. The highest BCUT2D eigenvalue weighted by Crippen LogP contribution is 2.26. The molecule has 0 unspecified atom stereocenters. The average Bonchev–Trinajstić information content (AvgIpc) is 2.23. The molecule has 3 N–H and O–H groups in total. The van der Waals surface area contributed by atoms with E-state index in [1.165, 1.54) is 0 Å². The smallest absolute Gasteiger partial charge is 0.123 e. The Bertz CT molecular complexity index is 386. The zero-order valence-corrected chi connectivity index (χ0v) is 11.7. The largest absolute Gasteiger partial charge is 0.493 e. The van der Waals surface area contributed by atoms with Gasteiger partial charge in [0, 0.05) is 37.1 Å². The van der Waals surface area contributed by atoms with Gasteiger partial charge in [0.2, 0.25) is 0 Å². The van der Waals surface area contributed by atoms with E-state index >= 15 is 0 Å². The minimum absolute atomic E-state index is 0.531. The van der Waals surface area contributed by atoms with Crippen LogP contribution < -0.4 is 15.4 Å². The van der Waals surface area contributed by atoms with Crippen molar-refractivity contribution < 1.29 is 9.84 Å². The molecule has 0 saturated heterocycles. The van der Waals surface area contributed by atoms with Crippen LogP contribution in [0.3, 0.4) is 0 Å². The number of nitrogens with zero attached hydrogens (tertiary/aromatic N) is 1. The number of nitrogen functional groups attached to an aromatic ring is 1. The number of benzene rings is 1. The Morgan fingerprint density at radius 1 is 1.33 bits per heavy atom. The maximum atomic E-state index is 9.83. The van der Waals surface area contributed by atoms with Gasteiger partial charge in [-0.05, 0) is 26.3 Å². The molecule has 4 nitrogen and oxygen atoms in total. The van der Waals surface area contributed by atoms with E-state index in [9.17, 15) is 5.11 Å². The van der Waals surface area contributed by atoms with Gasteiger partial charge in [-0.15, -0.1) is 0 Å². The summed E-state index contributed by atoms with van der Waals surface area (Å²) in [5, 5.41) is 9.83. The van der Waals surface area contributed by atoms with Crippen LogP contribution in [0.15, 0.2) is 18.2 Å². The predicted molar refractivity (Wildman–Crippen MR) is 76.2 cm³/mol. The van der Waals surface area contributed by atoms with E-state index in [0.717, 1.165) is 17.9 Å². The number of likely N-dealkylation sites (N-methyl/N-ethyl adjacent to an activating group) is 1. The Morgan fingerprint density at radius 2 is 2.00 bits per heavy atom. The summed E-state index contributed by atoms with van der Waals surface area (Å²) in [6.45, 7) is 6.84. The van der Waals surface area contributed by atoms with Gasteiger partial charge >= 0.3 is 0 Å². The molecule has 0 saturated carbocycles. The fraction of sp³-hybridized carbons (Fsp3) is 0.571. The van der Waals surface area contributed by atoms with E-state index in [1.54, 1.807) is 13.8 Å². The highest BCUT2D eigenvalue weighted by molar-refractivity contribution is 5.60. The van der Waals surface area contributed by atoms with E-state index < -0.39 is 5.60 Å². The molecule has 0 amide bonds. The van der Waals surface area contributed by atoms with Crippen LogP contribution in [0, 0.1) is 0 Å². The zero-order chi connectivity index (χ0) is 13.8. The molecule has 0 spiro atoms. The molecule has 0 aliphatic heterocycles. The van der Waals surface area contributed by atoms with Crippen molar-refractivity contribution in [1.29, 1.82) is 0 Å². The van der Waals surface area contributed by atoms with E-state index in [0.29, 0.717) is 18.8 Å². The first-order chi connectivity index (χ1) is 8.31. The number of ether oxygens (including phenoxy) is 1. The van der Waals surface area contributed by atoms with Crippen LogP contribution in [-0.2, 0) is 0 Å². The van der Waals surface area contributed by atoms with Crippen LogP contribution >= 0.6 is 0 Å². The van der Waals surface area contributed by atoms with Gasteiger partial charge in [-0.3, -0.25) is 0 Å². The summed E-state index contributed by atoms with van der Waals surface area (Å²) in [4.78, 5) is 1.97. The van der Waals surface area contributed by atoms with E-state index in [2.05, 4.69) is 6.92 Å². The Labute approximate surface area is 109 Å². The molecule has 1 aromatic carbocycles. The molecule has 0 fully saturated rings. The summed E-state index contributed by atoms with van der Waals surface area (Å²) < 4.78 is 5.59. The lowest BCUT2D eigenvalue weighted by atomic mass is 10.1. The first kappa shape index (κ1) is 14.6. The van der Waals surface area contributed by atoms with E-state index in [4.69, 9.17) is 10.5 Å². The molecule has 4 heteroatoms. The van der Waals surface area contributed by atoms with Crippen molar-refractivity contribution in [3.05, 3.63) is 18.2 Å². The molecule has 0 aliphatic rings. The number of hydrogen-bond acceptors (Lipinski definition) is 4. The Kier molecular flexibility index (Phi) is 4.84. The number of anilines is 2. The van der Waals surface area contributed by atoms with Crippen LogP contribution in [0.4, 0.5) is 11.4 Å². The molecule has 0 heterocycles. The van der Waals surface area contributed by atoms with Crippen LogP contribution in [0.25, 0.3) is 0 Å². The second kappa shape index (κ2) is 5.96. The molecule has 0 radical (unpaired) electrons. The molecular formula is C14H24N2O2. The Balaban J connectivity index is 2.84. The Hall–Kier alpha value is -1.42. The highest BCUT2D eigenvalue weighted by Gasteiger charge is 2.16. The highest BCUT2D eigenvalue weighted by atomic mass is 16.5. The van der Waals surface area contributed by atoms with Gasteiger partial charge in [0.1, 0.15) is 5.75 Å². The van der Waals surface area contributed by atoms with Gasteiger partial charge < -0.3 is 20.5 Å². The SMILES string of the molecule is CCCOc1cc(N)cc(N(C)CC(C)(C)O)c1. The third kappa shape index (κ3) is 4.84. The topological polar surface area (TPSA) is 58.7 Å². The van der Waals surface area contributed by atoms with Crippen molar-refractivity contribution in [3.8, 4) is 5.75 Å². The average molecular weight is 252 g/mol. The van der Waals surface area contributed by atoms with Crippen molar-refractivity contribution in [1.82, 2.24) is 0 Å². The zero-order valence-electron chi connectivity index (χ0n) is 11.7. The van der Waals surface area contributed by atoms with Crippen molar-refractivity contribution in [2.75, 3.05) is 30.8 Å². The standard InChI is InChI=1S/C14H24N2O2/c1-5-6-18-13-8-11(15)7-12(9-13)16(4)10-14(2,3)17/h7-9,17H,5-6,10,15H2,1-4H3. The third-order valence-electron chi connectivity index (χ3n) is 2.45. The molecule has 102 valence electrons. The van der Waals surface area contributed by atoms with Crippen molar-refractivity contribution >= 4 is 11.4 Å². The summed E-state index contributed by atoms with van der Waals surface area (Å²) >= 11 is 0. The minimum Gasteiger partial charge on any atom is -0.493 e. The lowest BCUT2D eigenvalue weighted by Crippen LogP contribution is -2.36. The number of hydrogen-bond donors (Lipinski definition) is 2. The van der Waals surface area contributed by atoms with Crippen molar-refractivity contribution in [2.45, 2.75) is 32.8 Å². The summed E-state index contributed by atoms with van der Waals surface area (Å²) in [5.74, 6) is 0.773. The monoisotopic (exact) mass is 252 g/mol. The van der Waals surface area contributed by atoms with Gasteiger partial charge in [0.05, 0.1) is 12.2 Å². The fourth-order valence-electron chi connectivity index (χ4n) is 1.80. The summed E-state index contributed by atoms with van der Waals surface area (Å²) in [5.41, 5.74) is 6.73. The van der Waals surface area contributed by atoms with Crippen LogP contribution in [0.2, 0.25) is 0 Å². The predicted octanol–water partition coefficient (Wildman–Crippen LogP) is 2.26. The fourth-order valence-corrected chi connectivity index (χ4v) is 1.80. The normalized spacial score (nSPS) is 11.4. The summed E-state index contributed by atoms with van der Waals surface area (Å²) in [7, 11) is 1.93. The molecule has 0 aromatic heterocycles. The first-order valence-corrected chi connectivity index (χ1v) is 6.28. The van der Waals surface area contributed by atoms with Gasteiger partial charge in [0.25, 0.3) is 0 Å². The molecule has 1 rings (SSSR count). The molecule has 0 atom stereocenters. The second-order valence-corrected chi connectivity index (χ2v) is 5.28. The maximum Gasteiger partial charge on any atom is 0.123 e. The molecule has 1 aromatic rings. The van der Waals surface area contributed by atoms with Gasteiger partial charge in [0.15, 0.2) is 0 Å². The minimum atomic E-state index is -0.746. The number of aliphatic hydroxyl groups is 1. The van der Waals surface area contributed by atoms with E-state index in [1.807, 2.05) is 30.1 Å². The molecule has 18 heavy (non-hydrogen) atoms. The Morgan fingerprint density at radius 3 is 2.56 bits per heavy atom. The number of nitrogens with two attached hydrogens (primary N) is 1. The molecular weight excluding hydrogens is 228 g/mol. The molecule has 0 aliphatic carbocycles. The van der Waals surface area contributed by atoms with Gasteiger partial charge in [-0.25, -0.2) is 0 Å². The molecule has 0 bridgehead atoms. The quantitative estimate of drug-likeness (QED) is 0.762. The van der Waals surface area contributed by atoms with Crippen molar-refractivity contribution in [3.63, 3.8) is 0 Å². The van der Waals surface area contributed by atoms with Gasteiger partial charge in [-0.1, -0.05) is 6.92 Å². The summed E-state index contributed by atoms with van der Waals surface area (Å²) in [6, 6.07) is 5.64.